The summed E-state index contributed by atoms with van der Waals surface area (Å²) in [4.78, 5) is 2.56. The Balaban J connectivity index is 1.63. The Bertz CT molecular complexity index is 484. The Labute approximate surface area is 121 Å². The van der Waals surface area contributed by atoms with Gasteiger partial charge < -0.3 is 10.1 Å². The molecule has 0 radical (unpaired) electrons. The van der Waals surface area contributed by atoms with E-state index in [9.17, 15) is 0 Å². The van der Waals surface area contributed by atoms with Gasteiger partial charge in [-0.05, 0) is 23.1 Å². The highest BCUT2D eigenvalue weighted by molar-refractivity contribution is 5.33. The van der Waals surface area contributed by atoms with Crippen molar-refractivity contribution in [1.82, 2.24) is 10.2 Å². The molecule has 0 aliphatic carbocycles. The zero-order chi connectivity index (χ0) is 13.8. The molecule has 3 nitrogen and oxygen atoms in total. The molecule has 2 aliphatic rings. The molecule has 2 heterocycles. The summed E-state index contributed by atoms with van der Waals surface area (Å²) in [6, 6.07) is 8.87. The van der Waals surface area contributed by atoms with Crippen molar-refractivity contribution in [3.63, 3.8) is 0 Å². The van der Waals surface area contributed by atoms with Gasteiger partial charge in [0, 0.05) is 45.8 Å². The monoisotopic (exact) mass is 272 g/mol. The Morgan fingerprint density at radius 2 is 2.25 bits per heavy atom. The first-order valence-electron chi connectivity index (χ1n) is 7.54. The van der Waals surface area contributed by atoms with Gasteiger partial charge in [0.05, 0.1) is 6.61 Å². The maximum Gasteiger partial charge on any atom is 0.0673 e. The second-order valence-electron chi connectivity index (χ2n) is 5.83. The lowest BCUT2D eigenvalue weighted by molar-refractivity contribution is 0.208. The molecule has 20 heavy (non-hydrogen) atoms. The second-order valence-corrected chi connectivity index (χ2v) is 5.83. The van der Waals surface area contributed by atoms with E-state index in [4.69, 9.17) is 4.74 Å². The lowest BCUT2D eigenvalue weighted by Crippen LogP contribution is -2.38. The highest BCUT2D eigenvalue weighted by Crippen LogP contribution is 2.25. The van der Waals surface area contributed by atoms with Gasteiger partial charge in [0.15, 0.2) is 0 Å². The van der Waals surface area contributed by atoms with E-state index < -0.39 is 0 Å². The van der Waals surface area contributed by atoms with Crippen LogP contribution in [-0.4, -0.2) is 44.8 Å². The third-order valence-corrected chi connectivity index (χ3v) is 4.40. The fraction of sp³-hybridized carbons (Fsp3) is 0.529. The van der Waals surface area contributed by atoms with Crippen molar-refractivity contribution in [2.24, 2.45) is 0 Å². The van der Waals surface area contributed by atoms with Crippen LogP contribution in [-0.2, 0) is 11.3 Å². The Kier molecular flexibility index (Phi) is 4.51. The van der Waals surface area contributed by atoms with Crippen molar-refractivity contribution in [2.75, 3.05) is 39.9 Å². The average molecular weight is 272 g/mol. The molecule has 1 aromatic carbocycles. The van der Waals surface area contributed by atoms with Crippen molar-refractivity contribution in [3.05, 3.63) is 47.0 Å². The molecule has 0 amide bonds. The van der Waals surface area contributed by atoms with Crippen LogP contribution in [0.1, 0.15) is 23.5 Å². The van der Waals surface area contributed by atoms with Crippen molar-refractivity contribution >= 4 is 0 Å². The minimum Gasteiger partial charge on any atom is -0.380 e. The number of nitrogens with one attached hydrogen (secondary N) is 1. The summed E-state index contributed by atoms with van der Waals surface area (Å²) in [5.74, 6) is 0.623. The Hall–Kier alpha value is -1.16. The van der Waals surface area contributed by atoms with E-state index in [0.29, 0.717) is 5.92 Å². The Morgan fingerprint density at radius 3 is 3.05 bits per heavy atom. The minimum atomic E-state index is 0.623. The van der Waals surface area contributed by atoms with Gasteiger partial charge in [0.2, 0.25) is 0 Å². The fourth-order valence-electron chi connectivity index (χ4n) is 3.29. The number of fused-ring (bicyclic) bond motifs is 1. The van der Waals surface area contributed by atoms with Gasteiger partial charge in [0.25, 0.3) is 0 Å². The predicted molar refractivity (Wildman–Crippen MR) is 81.9 cm³/mol. The summed E-state index contributed by atoms with van der Waals surface area (Å²) in [5.41, 5.74) is 4.46. The number of rotatable bonds is 4. The first-order valence-corrected chi connectivity index (χ1v) is 7.54. The molecule has 1 N–H and O–H groups in total. The van der Waals surface area contributed by atoms with E-state index in [1.165, 1.54) is 16.7 Å². The Morgan fingerprint density at radius 1 is 1.35 bits per heavy atom. The molecule has 108 valence electrons. The highest BCUT2D eigenvalue weighted by atomic mass is 16.5. The number of nitrogens with zero attached hydrogens (tertiary/aromatic N) is 1. The lowest BCUT2D eigenvalue weighted by Gasteiger charge is -2.33. The van der Waals surface area contributed by atoms with Gasteiger partial charge in [-0.1, -0.05) is 30.3 Å². The van der Waals surface area contributed by atoms with Crippen molar-refractivity contribution in [2.45, 2.75) is 18.9 Å². The van der Waals surface area contributed by atoms with Crippen molar-refractivity contribution < 1.29 is 4.74 Å². The van der Waals surface area contributed by atoms with Crippen LogP contribution in [0, 0.1) is 0 Å². The standard InChI is InChI=1S/C17H24N2O/c1-20-13-14-6-8-19(9-7-14)12-16-11-18-10-15-4-2-3-5-17(15)16/h2-6,16,18H,7-13H2,1H3. The first kappa shape index (κ1) is 13.8. The maximum atomic E-state index is 5.22. The van der Waals surface area contributed by atoms with Gasteiger partial charge in [-0.15, -0.1) is 0 Å². The van der Waals surface area contributed by atoms with Crippen LogP contribution in [0.15, 0.2) is 35.9 Å². The summed E-state index contributed by atoms with van der Waals surface area (Å²) in [7, 11) is 1.78. The van der Waals surface area contributed by atoms with Crippen LogP contribution < -0.4 is 5.32 Å². The van der Waals surface area contributed by atoms with Crippen LogP contribution in [0.5, 0.6) is 0 Å². The van der Waals surface area contributed by atoms with E-state index in [2.05, 4.69) is 40.6 Å². The molecule has 1 aromatic rings. The number of hydrogen-bond acceptors (Lipinski definition) is 3. The largest absolute Gasteiger partial charge is 0.380 e. The zero-order valence-corrected chi connectivity index (χ0v) is 12.3. The molecule has 0 bridgehead atoms. The molecular formula is C17H24N2O. The summed E-state index contributed by atoms with van der Waals surface area (Å²) in [5, 5.41) is 3.55. The van der Waals surface area contributed by atoms with Crippen LogP contribution in [0.2, 0.25) is 0 Å². The molecule has 1 unspecified atom stereocenters. The molecule has 3 heteroatoms. The molecular weight excluding hydrogens is 248 g/mol. The normalized spacial score (nSPS) is 23.2. The highest BCUT2D eigenvalue weighted by Gasteiger charge is 2.22. The number of ether oxygens (including phenoxy) is 1. The van der Waals surface area contributed by atoms with Gasteiger partial charge in [0.1, 0.15) is 0 Å². The first-order chi connectivity index (χ1) is 9.86. The van der Waals surface area contributed by atoms with Gasteiger partial charge in [-0.25, -0.2) is 0 Å². The summed E-state index contributed by atoms with van der Waals surface area (Å²) >= 11 is 0. The average Bonchev–Trinajstić information content (AvgIpc) is 2.50. The quantitative estimate of drug-likeness (QED) is 0.850. The molecule has 0 aromatic heterocycles. The van der Waals surface area contributed by atoms with Crippen molar-refractivity contribution in [1.29, 1.82) is 0 Å². The topological polar surface area (TPSA) is 24.5 Å². The fourth-order valence-corrected chi connectivity index (χ4v) is 3.29. The molecule has 0 spiro atoms. The summed E-state index contributed by atoms with van der Waals surface area (Å²) in [6.07, 6.45) is 3.49. The predicted octanol–water partition coefficient (Wildman–Crippen LogP) is 2.15. The van der Waals surface area contributed by atoms with Crippen molar-refractivity contribution in [3.8, 4) is 0 Å². The molecule has 0 fully saturated rings. The van der Waals surface area contributed by atoms with E-state index in [0.717, 1.165) is 45.8 Å². The summed E-state index contributed by atoms with van der Waals surface area (Å²) in [6.45, 7) is 6.29. The number of hydrogen-bond donors (Lipinski definition) is 1. The van der Waals surface area contributed by atoms with Crippen LogP contribution in [0.25, 0.3) is 0 Å². The van der Waals surface area contributed by atoms with Gasteiger partial charge in [-0.3, -0.25) is 4.90 Å². The molecule has 2 aliphatic heterocycles. The number of benzene rings is 1. The maximum absolute atomic E-state index is 5.22. The van der Waals surface area contributed by atoms with Gasteiger partial charge >= 0.3 is 0 Å². The zero-order valence-electron chi connectivity index (χ0n) is 12.3. The van der Waals surface area contributed by atoms with E-state index >= 15 is 0 Å². The minimum absolute atomic E-state index is 0.623. The smallest absolute Gasteiger partial charge is 0.0673 e. The molecule has 0 saturated carbocycles. The summed E-state index contributed by atoms with van der Waals surface area (Å²) < 4.78 is 5.22. The van der Waals surface area contributed by atoms with Crippen LogP contribution in [0.3, 0.4) is 0 Å². The van der Waals surface area contributed by atoms with E-state index in [-0.39, 0.29) is 0 Å². The second kappa shape index (κ2) is 6.53. The van der Waals surface area contributed by atoms with E-state index in [1.807, 2.05) is 0 Å². The third-order valence-electron chi connectivity index (χ3n) is 4.40. The lowest BCUT2D eigenvalue weighted by atomic mass is 9.90. The molecule has 1 atom stereocenters. The molecule has 3 rings (SSSR count). The van der Waals surface area contributed by atoms with E-state index in [1.54, 1.807) is 7.11 Å². The van der Waals surface area contributed by atoms with Gasteiger partial charge in [-0.2, -0.15) is 0 Å². The molecule has 0 saturated heterocycles. The van der Waals surface area contributed by atoms with Crippen LogP contribution in [0.4, 0.5) is 0 Å². The SMILES string of the molecule is COCC1=CCN(CC2CNCc3ccccc32)CC1. The third kappa shape index (κ3) is 3.11. The number of methoxy groups -OCH3 is 1. The van der Waals surface area contributed by atoms with Crippen LogP contribution >= 0.6 is 0 Å².